The van der Waals surface area contributed by atoms with Crippen LogP contribution in [0, 0.1) is 0 Å². The largest absolute Gasteiger partial charge is 0.390 e. The van der Waals surface area contributed by atoms with E-state index in [1.54, 1.807) is 0 Å². The van der Waals surface area contributed by atoms with Crippen LogP contribution in [0.3, 0.4) is 0 Å². The molecule has 0 amide bonds. The van der Waals surface area contributed by atoms with Crippen LogP contribution in [0.1, 0.15) is 18.2 Å². The summed E-state index contributed by atoms with van der Waals surface area (Å²) in [5, 5.41) is 13.2. The van der Waals surface area contributed by atoms with Gasteiger partial charge in [-0.05, 0) is 12.0 Å². The zero-order valence-electron chi connectivity index (χ0n) is 11.0. The van der Waals surface area contributed by atoms with Crippen LogP contribution in [-0.2, 0) is 11.2 Å². The van der Waals surface area contributed by atoms with Crippen LogP contribution >= 0.6 is 11.6 Å². The Morgan fingerprint density at radius 2 is 2.38 bits per heavy atom. The molecule has 0 spiro atoms. The van der Waals surface area contributed by atoms with Crippen molar-refractivity contribution in [3.63, 3.8) is 0 Å². The highest BCUT2D eigenvalue weighted by Crippen LogP contribution is 2.27. The average molecular weight is 316 g/mol. The van der Waals surface area contributed by atoms with Crippen LogP contribution in [0.4, 0.5) is 0 Å². The Labute approximate surface area is 123 Å². The molecule has 0 unspecified atom stereocenters. The summed E-state index contributed by atoms with van der Waals surface area (Å²) >= 11 is 5.61. The van der Waals surface area contributed by atoms with Crippen molar-refractivity contribution in [2.75, 3.05) is 12.4 Å². The summed E-state index contributed by atoms with van der Waals surface area (Å²) in [6.07, 6.45) is -0.391. The van der Waals surface area contributed by atoms with Crippen LogP contribution in [0.15, 0.2) is 20.9 Å². The number of hydrogen-bond acceptors (Lipinski definition) is 5. The van der Waals surface area contributed by atoms with Gasteiger partial charge in [0.2, 0.25) is 0 Å². The topological polar surface area (TPSA) is 133 Å². The third-order valence-corrected chi connectivity index (χ3v) is 3.43. The highest BCUT2D eigenvalue weighted by molar-refractivity contribution is 6.17. The van der Waals surface area contributed by atoms with Gasteiger partial charge in [-0.1, -0.05) is 5.11 Å². The predicted molar refractivity (Wildman–Crippen MR) is 74.3 cm³/mol. The molecule has 2 heterocycles. The maximum atomic E-state index is 11.8. The van der Waals surface area contributed by atoms with Crippen molar-refractivity contribution in [1.82, 2.24) is 9.55 Å². The number of nitrogens with zero attached hydrogens (tertiary/aromatic N) is 4. The fourth-order valence-electron chi connectivity index (χ4n) is 2.19. The molecule has 10 heteroatoms. The predicted octanol–water partition coefficient (Wildman–Crippen LogP) is 0.277. The molecular formula is C11H14ClN5O4. The lowest BCUT2D eigenvalue weighted by molar-refractivity contribution is -0.0151. The summed E-state index contributed by atoms with van der Waals surface area (Å²) in [4.78, 5) is 28.2. The minimum absolute atomic E-state index is 0.0270. The Bertz CT molecular complexity index is 665. The van der Waals surface area contributed by atoms with Crippen molar-refractivity contribution in [2.24, 2.45) is 5.11 Å². The molecule has 1 aromatic heterocycles. The van der Waals surface area contributed by atoms with Crippen molar-refractivity contribution in [1.29, 1.82) is 0 Å². The second-order valence-electron chi connectivity index (χ2n) is 4.61. The van der Waals surface area contributed by atoms with E-state index in [0.717, 1.165) is 0 Å². The van der Waals surface area contributed by atoms with Gasteiger partial charge >= 0.3 is 5.69 Å². The number of aromatic nitrogens is 2. The molecule has 1 fully saturated rings. The van der Waals surface area contributed by atoms with Crippen molar-refractivity contribution in [3.8, 4) is 0 Å². The third kappa shape index (κ3) is 3.45. The lowest BCUT2D eigenvalue weighted by atomic mass is 10.2. The molecular weight excluding hydrogens is 302 g/mol. The molecule has 21 heavy (non-hydrogen) atoms. The average Bonchev–Trinajstić information content (AvgIpc) is 2.80. The number of aliphatic hydroxyl groups is 1. The molecule has 9 nitrogen and oxygen atoms in total. The number of aromatic amines is 1. The summed E-state index contributed by atoms with van der Waals surface area (Å²) in [5.41, 5.74) is 7.53. The van der Waals surface area contributed by atoms with Crippen LogP contribution in [0.25, 0.3) is 10.4 Å². The molecule has 1 aromatic rings. The van der Waals surface area contributed by atoms with Gasteiger partial charge in [0.15, 0.2) is 0 Å². The molecule has 1 aliphatic rings. The minimum Gasteiger partial charge on any atom is -0.390 e. The number of aliphatic hydroxyl groups excluding tert-OH is 1. The summed E-state index contributed by atoms with van der Waals surface area (Å²) in [7, 11) is 0. The van der Waals surface area contributed by atoms with E-state index in [0.29, 0.717) is 12.0 Å². The first-order valence-corrected chi connectivity index (χ1v) is 6.85. The molecule has 114 valence electrons. The molecule has 1 aliphatic heterocycles. The Hall–Kier alpha value is -1.80. The second-order valence-corrected chi connectivity index (χ2v) is 4.98. The Balaban J connectivity index is 2.26. The van der Waals surface area contributed by atoms with Crippen molar-refractivity contribution in [3.05, 3.63) is 43.0 Å². The first-order chi connectivity index (χ1) is 10.1. The number of halogens is 1. The van der Waals surface area contributed by atoms with Gasteiger partial charge < -0.3 is 9.84 Å². The monoisotopic (exact) mass is 315 g/mol. The number of hydrogen-bond donors (Lipinski definition) is 2. The minimum atomic E-state index is -0.851. The first-order valence-electron chi connectivity index (χ1n) is 6.31. The molecule has 3 atom stereocenters. The normalized spacial score (nSPS) is 24.8. The highest BCUT2D eigenvalue weighted by atomic mass is 35.5. The van der Waals surface area contributed by atoms with Gasteiger partial charge in [0.1, 0.15) is 6.23 Å². The first kappa shape index (κ1) is 15.6. The van der Waals surface area contributed by atoms with Gasteiger partial charge in [0.05, 0.1) is 18.8 Å². The van der Waals surface area contributed by atoms with E-state index in [1.807, 2.05) is 0 Å². The number of ether oxygens (including phenoxy) is 1. The number of aryl methyl sites for hydroxylation is 1. The Kier molecular flexibility index (Phi) is 5.03. The van der Waals surface area contributed by atoms with E-state index in [4.69, 9.17) is 21.9 Å². The zero-order valence-corrected chi connectivity index (χ0v) is 11.7. The fraction of sp³-hybridized carbons (Fsp3) is 0.636. The summed E-state index contributed by atoms with van der Waals surface area (Å²) < 4.78 is 6.72. The molecule has 0 saturated carbocycles. The van der Waals surface area contributed by atoms with Crippen LogP contribution in [-0.4, -0.2) is 39.3 Å². The molecule has 0 aromatic carbocycles. The summed E-state index contributed by atoms with van der Waals surface area (Å²) in [6.45, 7) is -0.0270. The summed E-state index contributed by atoms with van der Waals surface area (Å²) in [5.74, 6) is 0.245. The van der Waals surface area contributed by atoms with Gasteiger partial charge in [-0.2, -0.15) is 0 Å². The van der Waals surface area contributed by atoms with Crippen LogP contribution in [0.2, 0.25) is 0 Å². The maximum Gasteiger partial charge on any atom is 0.330 e. The number of nitrogens with one attached hydrogen (secondary N) is 1. The molecule has 2 rings (SSSR count). The Morgan fingerprint density at radius 3 is 3.05 bits per heavy atom. The zero-order chi connectivity index (χ0) is 15.4. The van der Waals surface area contributed by atoms with Crippen LogP contribution < -0.4 is 11.2 Å². The van der Waals surface area contributed by atoms with E-state index >= 15 is 0 Å². The van der Waals surface area contributed by atoms with Crippen molar-refractivity contribution >= 4 is 11.6 Å². The molecule has 0 bridgehead atoms. The lowest BCUT2D eigenvalue weighted by Gasteiger charge is -2.15. The molecule has 0 radical (unpaired) electrons. The highest BCUT2D eigenvalue weighted by Gasteiger charge is 2.35. The number of azide groups is 1. The van der Waals surface area contributed by atoms with Gasteiger partial charge in [-0.25, -0.2) is 4.79 Å². The molecule has 2 N–H and O–H groups in total. The van der Waals surface area contributed by atoms with E-state index < -0.39 is 29.7 Å². The Morgan fingerprint density at radius 1 is 1.62 bits per heavy atom. The van der Waals surface area contributed by atoms with E-state index in [-0.39, 0.29) is 18.8 Å². The quantitative estimate of drug-likeness (QED) is 0.349. The number of H-pyrrole nitrogens is 1. The van der Waals surface area contributed by atoms with E-state index in [1.165, 1.54) is 10.8 Å². The SMILES string of the molecule is [N-]=[N+]=NC[C@H]1O[C@@H](n2cc(CCCl)c(=O)[nH]c2=O)C[C@@H]1O. The molecule has 1 saturated heterocycles. The lowest BCUT2D eigenvalue weighted by Crippen LogP contribution is -2.34. The summed E-state index contributed by atoms with van der Waals surface area (Å²) in [6, 6.07) is 0. The van der Waals surface area contributed by atoms with Crippen molar-refractivity contribution < 1.29 is 9.84 Å². The fourth-order valence-corrected chi connectivity index (χ4v) is 2.39. The van der Waals surface area contributed by atoms with Gasteiger partial charge in [-0.3, -0.25) is 14.3 Å². The standard InChI is InChI=1S/C11H14ClN5O4/c12-2-1-6-5-17(11(20)15-10(6)19)9-3-7(18)8(21-9)4-14-16-13/h5,7-9,18H,1-4H2,(H,15,19,20)/t7-,8+,9+/m0/s1. The van der Waals surface area contributed by atoms with Gasteiger partial charge in [-0.15, -0.1) is 11.6 Å². The third-order valence-electron chi connectivity index (χ3n) is 3.24. The smallest absolute Gasteiger partial charge is 0.330 e. The van der Waals surface area contributed by atoms with Crippen LogP contribution in [0.5, 0.6) is 0 Å². The van der Waals surface area contributed by atoms with Crippen molar-refractivity contribution in [2.45, 2.75) is 31.3 Å². The second kappa shape index (κ2) is 6.77. The molecule has 0 aliphatic carbocycles. The van der Waals surface area contributed by atoms with Gasteiger partial charge in [0.25, 0.3) is 5.56 Å². The number of rotatable bonds is 5. The van der Waals surface area contributed by atoms with E-state index in [9.17, 15) is 14.7 Å². The number of alkyl halides is 1. The van der Waals surface area contributed by atoms with Gasteiger partial charge in [0, 0.05) is 29.0 Å². The maximum absolute atomic E-state index is 11.8. The van der Waals surface area contributed by atoms with E-state index in [2.05, 4.69) is 15.0 Å².